The summed E-state index contributed by atoms with van der Waals surface area (Å²) in [5, 5.41) is 5.53. The summed E-state index contributed by atoms with van der Waals surface area (Å²) in [6.07, 6.45) is 1.26. The summed E-state index contributed by atoms with van der Waals surface area (Å²) < 4.78 is 27.5. The Kier molecular flexibility index (Phi) is 7.12. The minimum absolute atomic E-state index is 0.145. The normalized spacial score (nSPS) is 17.4. The Hall–Kier alpha value is -2.71. The second-order valence-corrected chi connectivity index (χ2v) is 10.1. The summed E-state index contributed by atoms with van der Waals surface area (Å²) in [5.74, 6) is -0.390. The molecule has 166 valence electrons. The van der Waals surface area contributed by atoms with Gasteiger partial charge in [-0.15, -0.1) is 0 Å². The predicted molar refractivity (Wildman–Crippen MR) is 121 cm³/mol. The number of rotatable bonds is 6. The molecular formula is C23H29N3O4S. The monoisotopic (exact) mass is 443 g/mol. The summed E-state index contributed by atoms with van der Waals surface area (Å²) in [7, 11) is -3.72. The van der Waals surface area contributed by atoms with Gasteiger partial charge in [0.15, 0.2) is 0 Å². The first-order valence-electron chi connectivity index (χ1n) is 10.5. The highest BCUT2D eigenvalue weighted by Gasteiger charge is 2.33. The van der Waals surface area contributed by atoms with Gasteiger partial charge >= 0.3 is 0 Å². The molecule has 0 bridgehead atoms. The van der Waals surface area contributed by atoms with E-state index in [0.29, 0.717) is 36.7 Å². The standard InChI is InChI=1S/C23H29N3O4S/c1-16(2)18-6-8-21(9-7-18)25-23(28)19-5-4-14-26(15-19)31(29,30)22-12-10-20(11-13-22)24-17(3)27/h6-13,16,19H,4-5,14-15H2,1-3H3,(H,24,27)(H,25,28). The highest BCUT2D eigenvalue weighted by atomic mass is 32.2. The smallest absolute Gasteiger partial charge is 0.243 e. The Bertz CT molecular complexity index is 1030. The Morgan fingerprint density at radius 2 is 1.55 bits per heavy atom. The maximum absolute atomic E-state index is 13.1. The molecule has 0 radical (unpaired) electrons. The van der Waals surface area contributed by atoms with Crippen molar-refractivity contribution in [2.24, 2.45) is 5.92 Å². The molecule has 2 aromatic rings. The van der Waals surface area contributed by atoms with Gasteiger partial charge in [-0.3, -0.25) is 9.59 Å². The second-order valence-electron chi connectivity index (χ2n) is 8.17. The molecular weight excluding hydrogens is 414 g/mol. The van der Waals surface area contributed by atoms with Gasteiger partial charge in [0.1, 0.15) is 0 Å². The molecule has 1 atom stereocenters. The van der Waals surface area contributed by atoms with Gasteiger partial charge < -0.3 is 10.6 Å². The van der Waals surface area contributed by atoms with Crippen LogP contribution >= 0.6 is 0 Å². The summed E-state index contributed by atoms with van der Waals surface area (Å²) >= 11 is 0. The highest BCUT2D eigenvalue weighted by molar-refractivity contribution is 7.89. The van der Waals surface area contributed by atoms with E-state index in [4.69, 9.17) is 0 Å². The first-order valence-corrected chi connectivity index (χ1v) is 11.9. The van der Waals surface area contributed by atoms with Crippen molar-refractivity contribution in [1.82, 2.24) is 4.31 Å². The van der Waals surface area contributed by atoms with Crippen molar-refractivity contribution in [2.45, 2.75) is 44.4 Å². The lowest BCUT2D eigenvalue weighted by Gasteiger charge is -2.31. The van der Waals surface area contributed by atoms with Crippen LogP contribution in [0.25, 0.3) is 0 Å². The number of anilines is 2. The lowest BCUT2D eigenvalue weighted by Crippen LogP contribution is -2.43. The summed E-state index contributed by atoms with van der Waals surface area (Å²) in [6, 6.07) is 13.8. The van der Waals surface area contributed by atoms with Crippen LogP contribution < -0.4 is 10.6 Å². The minimum Gasteiger partial charge on any atom is -0.326 e. The molecule has 2 aromatic carbocycles. The van der Waals surface area contributed by atoms with Crippen LogP contribution in [0.3, 0.4) is 0 Å². The molecule has 0 saturated carbocycles. The number of amides is 2. The van der Waals surface area contributed by atoms with Gasteiger partial charge in [-0.05, 0) is 60.7 Å². The van der Waals surface area contributed by atoms with Crippen molar-refractivity contribution >= 4 is 33.2 Å². The molecule has 1 aliphatic heterocycles. The van der Waals surface area contributed by atoms with E-state index < -0.39 is 15.9 Å². The fourth-order valence-corrected chi connectivity index (χ4v) is 5.16. The first-order chi connectivity index (χ1) is 14.7. The van der Waals surface area contributed by atoms with Gasteiger partial charge in [-0.2, -0.15) is 4.31 Å². The zero-order valence-electron chi connectivity index (χ0n) is 18.1. The molecule has 0 aromatic heterocycles. The van der Waals surface area contributed by atoms with Crippen molar-refractivity contribution in [3.8, 4) is 0 Å². The van der Waals surface area contributed by atoms with Crippen molar-refractivity contribution in [3.63, 3.8) is 0 Å². The predicted octanol–water partition coefficient (Wildman–Crippen LogP) is 3.81. The van der Waals surface area contributed by atoms with E-state index in [0.717, 1.165) is 0 Å². The molecule has 31 heavy (non-hydrogen) atoms. The SMILES string of the molecule is CC(=O)Nc1ccc(S(=O)(=O)N2CCCC(C(=O)Nc3ccc(C(C)C)cc3)C2)cc1. The van der Waals surface area contributed by atoms with Crippen LogP contribution in [0.2, 0.25) is 0 Å². The molecule has 0 aliphatic carbocycles. The summed E-state index contributed by atoms with van der Waals surface area (Å²) in [5.41, 5.74) is 2.44. The minimum atomic E-state index is -3.72. The van der Waals surface area contributed by atoms with Gasteiger partial charge in [-0.1, -0.05) is 26.0 Å². The number of hydrogen-bond donors (Lipinski definition) is 2. The number of hydrogen-bond acceptors (Lipinski definition) is 4. The lowest BCUT2D eigenvalue weighted by molar-refractivity contribution is -0.121. The highest BCUT2D eigenvalue weighted by Crippen LogP contribution is 2.26. The molecule has 1 saturated heterocycles. The number of carbonyl (C=O) groups excluding carboxylic acids is 2. The summed E-state index contributed by atoms with van der Waals surface area (Å²) in [6.45, 7) is 6.13. The topological polar surface area (TPSA) is 95.6 Å². The number of sulfonamides is 1. The Labute approximate surface area is 183 Å². The third-order valence-electron chi connectivity index (χ3n) is 5.41. The second kappa shape index (κ2) is 9.62. The van der Waals surface area contributed by atoms with Crippen LogP contribution in [0, 0.1) is 5.92 Å². The number of benzene rings is 2. The largest absolute Gasteiger partial charge is 0.326 e. The number of carbonyl (C=O) groups is 2. The van der Waals surface area contributed by atoms with Crippen LogP contribution in [-0.4, -0.2) is 37.6 Å². The van der Waals surface area contributed by atoms with E-state index in [1.807, 2.05) is 24.3 Å². The van der Waals surface area contributed by atoms with E-state index >= 15 is 0 Å². The van der Waals surface area contributed by atoms with Gasteiger partial charge in [0.25, 0.3) is 0 Å². The zero-order valence-corrected chi connectivity index (χ0v) is 18.9. The third kappa shape index (κ3) is 5.71. The fraction of sp³-hybridized carbons (Fsp3) is 0.391. The average Bonchev–Trinajstić information content (AvgIpc) is 2.74. The molecule has 1 aliphatic rings. The third-order valence-corrected chi connectivity index (χ3v) is 7.29. The molecule has 7 nitrogen and oxygen atoms in total. The molecule has 1 unspecified atom stereocenters. The van der Waals surface area contributed by atoms with Crippen molar-refractivity contribution in [2.75, 3.05) is 23.7 Å². The van der Waals surface area contributed by atoms with E-state index in [1.54, 1.807) is 12.1 Å². The molecule has 8 heteroatoms. The van der Waals surface area contributed by atoms with Crippen LogP contribution in [0.5, 0.6) is 0 Å². The van der Waals surface area contributed by atoms with Crippen LogP contribution in [0.1, 0.15) is 45.1 Å². The fourth-order valence-electron chi connectivity index (χ4n) is 3.63. The molecule has 0 spiro atoms. The van der Waals surface area contributed by atoms with Crippen molar-refractivity contribution in [1.29, 1.82) is 0 Å². The maximum atomic E-state index is 13.1. The summed E-state index contributed by atoms with van der Waals surface area (Å²) in [4.78, 5) is 24.1. The van der Waals surface area contributed by atoms with Gasteiger partial charge in [0, 0.05) is 31.4 Å². The van der Waals surface area contributed by atoms with Crippen LogP contribution in [0.4, 0.5) is 11.4 Å². The molecule has 1 heterocycles. The number of nitrogens with one attached hydrogen (secondary N) is 2. The van der Waals surface area contributed by atoms with Gasteiger partial charge in [-0.25, -0.2) is 8.42 Å². The lowest BCUT2D eigenvalue weighted by atomic mass is 9.98. The quantitative estimate of drug-likeness (QED) is 0.710. The first kappa shape index (κ1) is 23.0. The maximum Gasteiger partial charge on any atom is 0.243 e. The Morgan fingerprint density at radius 1 is 0.968 bits per heavy atom. The Morgan fingerprint density at radius 3 is 2.13 bits per heavy atom. The van der Waals surface area contributed by atoms with Crippen molar-refractivity contribution < 1.29 is 18.0 Å². The molecule has 3 rings (SSSR count). The van der Waals surface area contributed by atoms with Crippen molar-refractivity contribution in [3.05, 3.63) is 54.1 Å². The molecule has 1 fully saturated rings. The zero-order chi connectivity index (χ0) is 22.6. The van der Waals surface area contributed by atoms with Gasteiger partial charge in [0.2, 0.25) is 21.8 Å². The van der Waals surface area contributed by atoms with E-state index in [1.165, 1.54) is 28.9 Å². The number of piperidine rings is 1. The average molecular weight is 444 g/mol. The van der Waals surface area contributed by atoms with E-state index in [2.05, 4.69) is 24.5 Å². The Balaban J connectivity index is 1.67. The van der Waals surface area contributed by atoms with E-state index in [9.17, 15) is 18.0 Å². The number of nitrogens with zero attached hydrogens (tertiary/aromatic N) is 1. The van der Waals surface area contributed by atoms with Crippen LogP contribution in [0.15, 0.2) is 53.4 Å². The van der Waals surface area contributed by atoms with E-state index in [-0.39, 0.29) is 23.3 Å². The van der Waals surface area contributed by atoms with Gasteiger partial charge in [0.05, 0.1) is 10.8 Å². The van der Waals surface area contributed by atoms with Crippen LogP contribution in [-0.2, 0) is 19.6 Å². The molecule has 2 N–H and O–H groups in total. The molecule has 2 amide bonds.